The van der Waals surface area contributed by atoms with Crippen LogP contribution in [-0.4, -0.2) is 48.0 Å². The first-order valence-electron chi connectivity index (χ1n) is 8.84. The van der Waals surface area contributed by atoms with Gasteiger partial charge in [-0.1, -0.05) is 23.7 Å². The second-order valence-electron chi connectivity index (χ2n) is 7.86. The first-order valence-corrected chi connectivity index (χ1v) is 9.22. The van der Waals surface area contributed by atoms with Crippen molar-refractivity contribution in [2.75, 3.05) is 13.8 Å². The molecule has 0 aliphatic rings. The summed E-state index contributed by atoms with van der Waals surface area (Å²) >= 11 is 5.95. The summed E-state index contributed by atoms with van der Waals surface area (Å²) < 4.78 is 16.1. The van der Waals surface area contributed by atoms with Gasteiger partial charge in [-0.15, -0.1) is 0 Å². The van der Waals surface area contributed by atoms with Gasteiger partial charge in [0.25, 0.3) is 0 Å². The lowest BCUT2D eigenvalue weighted by Crippen LogP contribution is -2.59. The predicted octanol–water partition coefficient (Wildman–Crippen LogP) is 4.43. The van der Waals surface area contributed by atoms with Crippen LogP contribution in [0.15, 0.2) is 24.3 Å². The van der Waals surface area contributed by atoms with Crippen LogP contribution in [0.1, 0.15) is 47.1 Å². The maximum Gasteiger partial charge on any atom is 0.413 e. The third-order valence-corrected chi connectivity index (χ3v) is 3.96. The number of benzene rings is 1. The molecule has 0 aliphatic heterocycles. The largest absolute Gasteiger partial charge is 0.461 e. The van der Waals surface area contributed by atoms with Crippen molar-refractivity contribution in [3.63, 3.8) is 0 Å². The molecule has 0 saturated heterocycles. The minimum Gasteiger partial charge on any atom is -0.461 e. The molecule has 0 heterocycles. The number of carbonyl (C=O) groups is 2. The van der Waals surface area contributed by atoms with E-state index in [1.54, 1.807) is 53.7 Å². The Morgan fingerprint density at radius 2 is 1.67 bits per heavy atom. The molecule has 1 rings (SSSR count). The molecule has 7 heteroatoms. The Hall–Kier alpha value is -1.79. The molecule has 152 valence electrons. The highest BCUT2D eigenvalue weighted by molar-refractivity contribution is 6.30. The van der Waals surface area contributed by atoms with Crippen LogP contribution in [-0.2, 0) is 25.4 Å². The van der Waals surface area contributed by atoms with Gasteiger partial charge in [-0.3, -0.25) is 4.90 Å². The smallest absolute Gasteiger partial charge is 0.413 e. The third-order valence-electron chi connectivity index (χ3n) is 3.71. The summed E-state index contributed by atoms with van der Waals surface area (Å²) in [5, 5.41) is 0.589. The maximum absolute atomic E-state index is 13.0. The molecule has 1 aromatic rings. The SMILES string of the molecule is COCN(C(=O)OC(C)(C)C)[C@@](C)(Cc1ccc(Cl)cc1)C(=O)OC(C)C. The zero-order valence-corrected chi connectivity index (χ0v) is 17.9. The number of nitrogens with zero attached hydrogens (tertiary/aromatic N) is 1. The van der Waals surface area contributed by atoms with Crippen LogP contribution < -0.4 is 0 Å². The Kier molecular flexibility index (Phi) is 8.11. The van der Waals surface area contributed by atoms with Gasteiger partial charge in [0.15, 0.2) is 0 Å². The molecule has 6 nitrogen and oxygen atoms in total. The van der Waals surface area contributed by atoms with E-state index in [2.05, 4.69) is 0 Å². The molecule has 0 aromatic heterocycles. The van der Waals surface area contributed by atoms with E-state index in [9.17, 15) is 9.59 Å². The van der Waals surface area contributed by atoms with Crippen molar-refractivity contribution in [1.82, 2.24) is 4.90 Å². The molecule has 0 N–H and O–H groups in total. The molecule has 0 fully saturated rings. The monoisotopic (exact) mass is 399 g/mol. The number of hydrogen-bond donors (Lipinski definition) is 0. The van der Waals surface area contributed by atoms with Gasteiger partial charge in [0.05, 0.1) is 6.10 Å². The van der Waals surface area contributed by atoms with Crippen LogP contribution in [0.5, 0.6) is 0 Å². The lowest BCUT2D eigenvalue weighted by molar-refractivity contribution is -0.164. The number of hydrogen-bond acceptors (Lipinski definition) is 5. The summed E-state index contributed by atoms with van der Waals surface area (Å²) in [5.74, 6) is -0.532. The van der Waals surface area contributed by atoms with Gasteiger partial charge in [-0.05, 0) is 59.2 Å². The molecule has 1 aromatic carbocycles. The van der Waals surface area contributed by atoms with Crippen molar-refractivity contribution in [3.05, 3.63) is 34.9 Å². The fraction of sp³-hybridized carbons (Fsp3) is 0.600. The zero-order chi connectivity index (χ0) is 20.8. The topological polar surface area (TPSA) is 65.1 Å². The number of carbonyl (C=O) groups excluding carboxylic acids is 2. The molecule has 0 aliphatic carbocycles. The first-order chi connectivity index (χ1) is 12.4. The van der Waals surface area contributed by atoms with E-state index in [0.29, 0.717) is 5.02 Å². The highest BCUT2D eigenvalue weighted by Gasteiger charge is 2.46. The van der Waals surface area contributed by atoms with E-state index >= 15 is 0 Å². The van der Waals surface area contributed by atoms with Crippen LogP contribution in [0.4, 0.5) is 4.79 Å². The van der Waals surface area contributed by atoms with Gasteiger partial charge in [-0.2, -0.15) is 0 Å². The summed E-state index contributed by atoms with van der Waals surface area (Å²) in [6, 6.07) is 7.09. The average Bonchev–Trinajstić information content (AvgIpc) is 2.52. The van der Waals surface area contributed by atoms with Crippen molar-refractivity contribution in [3.8, 4) is 0 Å². The standard InChI is InChI=1S/C20H30ClNO5/c1-14(2)26-17(23)20(6,12-15-8-10-16(21)11-9-15)22(13-25-7)18(24)27-19(3,4)5/h8-11,14H,12-13H2,1-7H3/t20-/m0/s1. The zero-order valence-electron chi connectivity index (χ0n) is 17.2. The van der Waals surface area contributed by atoms with Crippen molar-refractivity contribution in [2.24, 2.45) is 0 Å². The van der Waals surface area contributed by atoms with E-state index in [1.165, 1.54) is 12.0 Å². The molecule has 0 bridgehead atoms. The van der Waals surface area contributed by atoms with E-state index in [0.717, 1.165) is 5.56 Å². The molecular weight excluding hydrogens is 370 g/mol. The van der Waals surface area contributed by atoms with Crippen LogP contribution in [0.25, 0.3) is 0 Å². The fourth-order valence-corrected chi connectivity index (χ4v) is 2.59. The Morgan fingerprint density at radius 3 is 2.11 bits per heavy atom. The number of amides is 1. The summed E-state index contributed by atoms with van der Waals surface area (Å²) in [5.41, 5.74) is -1.21. The summed E-state index contributed by atoms with van der Waals surface area (Å²) in [4.78, 5) is 27.1. The number of rotatable bonds is 7. The summed E-state index contributed by atoms with van der Waals surface area (Å²) in [6.07, 6.45) is -0.759. The van der Waals surface area contributed by atoms with E-state index in [-0.39, 0.29) is 19.3 Å². The van der Waals surface area contributed by atoms with Gasteiger partial charge < -0.3 is 14.2 Å². The minimum absolute atomic E-state index is 0.119. The molecule has 0 radical (unpaired) electrons. The summed E-state index contributed by atoms with van der Waals surface area (Å²) in [7, 11) is 1.45. The molecule has 0 unspecified atom stereocenters. The first kappa shape index (κ1) is 23.2. The molecular formula is C20H30ClNO5. The quantitative estimate of drug-likeness (QED) is 0.501. The molecule has 27 heavy (non-hydrogen) atoms. The lowest BCUT2D eigenvalue weighted by Gasteiger charge is -2.39. The van der Waals surface area contributed by atoms with Crippen molar-refractivity contribution < 1.29 is 23.8 Å². The highest BCUT2D eigenvalue weighted by atomic mass is 35.5. The van der Waals surface area contributed by atoms with Gasteiger partial charge >= 0.3 is 12.1 Å². The van der Waals surface area contributed by atoms with Gasteiger partial charge in [0.2, 0.25) is 0 Å². The maximum atomic E-state index is 13.0. The van der Waals surface area contributed by atoms with Crippen molar-refractivity contribution in [1.29, 1.82) is 0 Å². The van der Waals surface area contributed by atoms with Crippen molar-refractivity contribution >= 4 is 23.7 Å². The second kappa shape index (κ2) is 9.42. The number of halogens is 1. The van der Waals surface area contributed by atoms with Crippen LogP contribution >= 0.6 is 11.6 Å². The Labute approximate surface area is 166 Å². The number of methoxy groups -OCH3 is 1. The highest BCUT2D eigenvalue weighted by Crippen LogP contribution is 2.27. The van der Waals surface area contributed by atoms with Crippen LogP contribution in [0.3, 0.4) is 0 Å². The van der Waals surface area contributed by atoms with Gasteiger partial charge in [-0.25, -0.2) is 9.59 Å². The Balaban J connectivity index is 3.31. The number of ether oxygens (including phenoxy) is 3. The average molecular weight is 400 g/mol. The molecule has 1 amide bonds. The van der Waals surface area contributed by atoms with Crippen molar-refractivity contribution in [2.45, 2.75) is 65.2 Å². The van der Waals surface area contributed by atoms with Gasteiger partial charge in [0, 0.05) is 18.6 Å². The minimum atomic E-state index is -1.32. The van der Waals surface area contributed by atoms with Crippen LogP contribution in [0, 0.1) is 0 Å². The Bertz CT molecular complexity index is 639. The lowest BCUT2D eigenvalue weighted by atomic mass is 9.91. The third kappa shape index (κ3) is 7.03. The Morgan fingerprint density at radius 1 is 1.11 bits per heavy atom. The van der Waals surface area contributed by atoms with Crippen LogP contribution in [0.2, 0.25) is 5.02 Å². The van der Waals surface area contributed by atoms with Gasteiger partial charge in [0.1, 0.15) is 17.9 Å². The number of esters is 1. The predicted molar refractivity (Wildman–Crippen MR) is 105 cm³/mol. The van der Waals surface area contributed by atoms with E-state index in [4.69, 9.17) is 25.8 Å². The van der Waals surface area contributed by atoms with E-state index in [1.807, 2.05) is 12.1 Å². The second-order valence-corrected chi connectivity index (χ2v) is 8.29. The molecule has 1 atom stereocenters. The normalized spacial score (nSPS) is 13.8. The fourth-order valence-electron chi connectivity index (χ4n) is 2.46. The summed E-state index contributed by atoms with van der Waals surface area (Å²) in [6.45, 7) is 10.3. The molecule has 0 spiro atoms. The molecule has 0 saturated carbocycles. The van der Waals surface area contributed by atoms with E-state index < -0.39 is 23.2 Å².